The molecule has 0 amide bonds. The van der Waals surface area contributed by atoms with Crippen LogP contribution in [0.4, 0.5) is 17.7 Å². The molecule has 0 aliphatic carbocycles. The van der Waals surface area contributed by atoms with Crippen LogP contribution in [0.3, 0.4) is 0 Å². The van der Waals surface area contributed by atoms with E-state index in [4.69, 9.17) is 22.6 Å². The van der Waals surface area contributed by atoms with E-state index in [-0.39, 0.29) is 58.4 Å². The van der Waals surface area contributed by atoms with Crippen molar-refractivity contribution >= 4 is 74.4 Å². The lowest BCUT2D eigenvalue weighted by Crippen LogP contribution is -2.11. The highest BCUT2D eigenvalue weighted by Crippen LogP contribution is 2.26. The molecule has 380 valence electrons. The van der Waals surface area contributed by atoms with Gasteiger partial charge in [-0.25, -0.2) is 39.6 Å². The molecule has 10 heterocycles. The third kappa shape index (κ3) is 13.0. The van der Waals surface area contributed by atoms with Crippen LogP contribution in [0.15, 0.2) is 44.7 Å². The van der Waals surface area contributed by atoms with E-state index in [0.717, 1.165) is 5.92 Å². The van der Waals surface area contributed by atoms with Gasteiger partial charge in [-0.15, -0.1) is 5.10 Å². The first-order chi connectivity index (χ1) is 34.0. The van der Waals surface area contributed by atoms with Crippen molar-refractivity contribution in [2.45, 2.75) is 121 Å². The Morgan fingerprint density at radius 2 is 1.21 bits per heavy atom. The predicted octanol–water partition coefficient (Wildman–Crippen LogP) is 5.02. The second-order valence-electron chi connectivity index (χ2n) is 17.7. The second kappa shape index (κ2) is 23.6. The molecule has 1 aliphatic heterocycles. The Morgan fingerprint density at radius 1 is 0.653 bits per heavy atom. The summed E-state index contributed by atoms with van der Waals surface area (Å²) in [6.07, 6.45) is 15.5. The standard InChI is InChI=1S/C10H11N5O.C9H12N4O.C9H11N3O.C8H11N5O.C5H5N5O.C4H10/c1-4-16-9-7-8(13-10(11)14-9)15(5-12-7)6(2)3;1-5(2)13-4-10-7-8(13)11-6(3)12-9(7)14;1-6(2)12-5-11-8-7(13)3-4-10-9(8)12;1-4(2)13-7-6(11-12-13)8(14)10-5(3)9-7;6-5-9-3-2(4(11)10-5)7-1-8-3;1-4(2)3/h1,5-6H,2-3H3,(H2,11,13,14);4-5H,1-3H3,(H,11,12,14);4-6H,3H2,1-2H3;4H,1-3H3,(H,9,10,14);1H,(H4,6,7,8,9,10,11);4H,1-3H3. The van der Waals surface area contributed by atoms with Crippen molar-refractivity contribution in [3.05, 3.63) is 73.7 Å². The number of aromatic amines is 4. The summed E-state index contributed by atoms with van der Waals surface area (Å²) in [6.45, 7) is 26.1. The number of hydrogen-bond acceptors (Lipinski definition) is 19. The number of nitrogen functional groups attached to an aromatic ring is 2. The van der Waals surface area contributed by atoms with Crippen LogP contribution in [-0.2, 0) is 0 Å². The van der Waals surface area contributed by atoms with Crippen molar-refractivity contribution in [2.75, 3.05) is 11.5 Å². The number of ketones is 1. The highest BCUT2D eigenvalue weighted by molar-refractivity contribution is 6.08. The molecule has 0 saturated heterocycles. The monoisotopic (exact) mass is 989 g/mol. The molecule has 8 N–H and O–H groups in total. The average Bonchev–Trinajstić information content (AvgIpc) is 4.14. The third-order valence-corrected chi connectivity index (χ3v) is 9.56. The first-order valence-electron chi connectivity index (χ1n) is 22.7. The number of Topliss-reactive ketones (excluding diaryl/α,β-unsaturated/α-hetero) is 1. The summed E-state index contributed by atoms with van der Waals surface area (Å²) < 4.78 is 12.2. The van der Waals surface area contributed by atoms with E-state index in [1.807, 2.05) is 75.2 Å². The van der Waals surface area contributed by atoms with Crippen molar-refractivity contribution in [2.24, 2.45) is 10.9 Å². The number of H-pyrrole nitrogens is 4. The highest BCUT2D eigenvalue weighted by Gasteiger charge is 2.21. The molecule has 9 aromatic rings. The molecule has 0 radical (unpaired) electrons. The molecular weight excluding hydrogens is 929 g/mol. The van der Waals surface area contributed by atoms with Gasteiger partial charge in [0.2, 0.25) is 11.9 Å². The molecule has 9 aromatic heterocycles. The Kier molecular flexibility index (Phi) is 17.7. The SMILES string of the molecule is C#COc1nc(N)nc2c1ncn2C(C)C.CC(C)C.CC(C)n1cnc2c1N=CCC2=O.Cc1nc2c(ncn2C(C)C)c(=O)[nH]1.Cc1nc2c(nnn2C(C)C)c(=O)[nH]1.Nc1nc2nc[nH]c2c(=O)[nH]1. The van der Waals surface area contributed by atoms with Crippen LogP contribution >= 0.6 is 0 Å². The number of fused-ring (bicyclic) bond motifs is 5. The topological polar surface area (TPSA) is 367 Å². The number of rotatable bonds is 5. The van der Waals surface area contributed by atoms with Crippen molar-refractivity contribution in [1.29, 1.82) is 0 Å². The molecule has 0 bridgehead atoms. The van der Waals surface area contributed by atoms with Gasteiger partial charge in [-0.05, 0) is 75.2 Å². The first-order valence-corrected chi connectivity index (χ1v) is 22.7. The van der Waals surface area contributed by atoms with Gasteiger partial charge in [-0.3, -0.25) is 24.2 Å². The summed E-state index contributed by atoms with van der Waals surface area (Å²) in [5.41, 5.74) is 14.4. The minimum absolute atomic E-state index is 0.0596. The van der Waals surface area contributed by atoms with Gasteiger partial charge in [0, 0.05) is 30.8 Å². The Balaban J connectivity index is 0.000000165. The van der Waals surface area contributed by atoms with Crippen LogP contribution in [0.25, 0.3) is 44.7 Å². The number of imidazole rings is 4. The summed E-state index contributed by atoms with van der Waals surface area (Å²) in [5.74, 6) is 3.19. The smallest absolute Gasteiger partial charge is 0.281 e. The molecule has 0 saturated carbocycles. The maximum atomic E-state index is 11.5. The van der Waals surface area contributed by atoms with Crippen LogP contribution in [0.2, 0.25) is 0 Å². The largest absolute Gasteiger partial charge is 0.385 e. The van der Waals surface area contributed by atoms with Crippen molar-refractivity contribution in [3.63, 3.8) is 0 Å². The van der Waals surface area contributed by atoms with Crippen LogP contribution in [0.1, 0.15) is 129 Å². The fourth-order valence-corrected chi connectivity index (χ4v) is 6.35. The normalized spacial score (nSPS) is 11.7. The maximum Gasteiger partial charge on any atom is 0.281 e. The number of anilines is 2. The Morgan fingerprint density at radius 3 is 1.79 bits per heavy atom. The number of nitrogens with two attached hydrogens (primary N) is 2. The van der Waals surface area contributed by atoms with Gasteiger partial charge in [-0.2, -0.15) is 15.0 Å². The molecule has 0 atom stereocenters. The van der Waals surface area contributed by atoms with E-state index in [9.17, 15) is 19.2 Å². The zero-order chi connectivity index (χ0) is 53.1. The van der Waals surface area contributed by atoms with Crippen molar-refractivity contribution in [3.8, 4) is 18.4 Å². The predicted molar refractivity (Wildman–Crippen MR) is 273 cm³/mol. The van der Waals surface area contributed by atoms with Crippen LogP contribution < -0.4 is 32.9 Å². The van der Waals surface area contributed by atoms with Gasteiger partial charge < -0.3 is 44.9 Å². The molecule has 1 aliphatic rings. The van der Waals surface area contributed by atoms with Gasteiger partial charge >= 0.3 is 0 Å². The minimum atomic E-state index is -0.301. The molecule has 27 heteroatoms. The van der Waals surface area contributed by atoms with E-state index in [2.05, 4.69) is 101 Å². The van der Waals surface area contributed by atoms with Crippen LogP contribution in [0, 0.1) is 32.3 Å². The van der Waals surface area contributed by atoms with Gasteiger partial charge in [0.05, 0.1) is 31.4 Å². The molecular formula is C45H60N22O5. The van der Waals surface area contributed by atoms with E-state index in [0.29, 0.717) is 80.3 Å². The number of aliphatic imine (C=N–C) groups is 1. The van der Waals surface area contributed by atoms with Gasteiger partial charge in [-0.1, -0.05) is 32.4 Å². The first kappa shape index (κ1) is 54.0. The zero-order valence-electron chi connectivity index (χ0n) is 42.4. The summed E-state index contributed by atoms with van der Waals surface area (Å²) in [7, 11) is 0. The fourth-order valence-electron chi connectivity index (χ4n) is 6.35. The van der Waals surface area contributed by atoms with Gasteiger partial charge in [0.1, 0.15) is 17.8 Å². The van der Waals surface area contributed by atoms with Crippen molar-refractivity contribution < 1.29 is 9.53 Å². The molecule has 72 heavy (non-hydrogen) atoms. The summed E-state index contributed by atoms with van der Waals surface area (Å²) in [5, 5.41) is 7.67. The van der Waals surface area contributed by atoms with E-state index in [1.165, 1.54) is 6.33 Å². The highest BCUT2D eigenvalue weighted by atomic mass is 16.5. The summed E-state index contributed by atoms with van der Waals surface area (Å²) >= 11 is 0. The van der Waals surface area contributed by atoms with E-state index >= 15 is 0 Å². The van der Waals surface area contributed by atoms with Crippen LogP contribution in [0.5, 0.6) is 5.88 Å². The molecule has 0 spiro atoms. The van der Waals surface area contributed by atoms with Crippen molar-refractivity contribution in [1.82, 2.24) is 93.5 Å². The molecule has 0 fully saturated rings. The molecule has 27 nitrogen and oxygen atoms in total. The summed E-state index contributed by atoms with van der Waals surface area (Å²) in [4.78, 5) is 95.9. The lowest BCUT2D eigenvalue weighted by atomic mass is 10.2. The van der Waals surface area contributed by atoms with Gasteiger partial charge in [0.25, 0.3) is 22.6 Å². The van der Waals surface area contributed by atoms with E-state index in [1.54, 1.807) is 43.7 Å². The number of hydrogen-bond donors (Lipinski definition) is 6. The molecule has 0 unspecified atom stereocenters. The molecule has 10 rings (SSSR count). The molecule has 0 aromatic carbocycles. The number of carbonyl (C=O) groups excluding carboxylic acids is 1. The lowest BCUT2D eigenvalue weighted by Gasteiger charge is -2.10. The summed E-state index contributed by atoms with van der Waals surface area (Å²) in [6, 6.07) is 0.916. The Hall–Kier alpha value is -8.96. The number of nitrogens with one attached hydrogen (secondary N) is 4. The maximum absolute atomic E-state index is 11.5. The third-order valence-electron chi connectivity index (χ3n) is 9.56. The number of nitrogens with zero attached hydrogens (tertiary/aromatic N) is 16. The minimum Gasteiger partial charge on any atom is -0.385 e. The average molecular weight is 989 g/mol. The zero-order valence-corrected chi connectivity index (χ0v) is 42.4. The Labute approximate surface area is 411 Å². The number of ether oxygens (including phenoxy) is 1. The van der Waals surface area contributed by atoms with Crippen LogP contribution in [-0.4, -0.2) is 105 Å². The lowest BCUT2D eigenvalue weighted by molar-refractivity contribution is 0.0996. The quantitative estimate of drug-likeness (QED) is 0.123. The Bertz CT molecular complexity index is 3450. The number of aromatic nitrogens is 19. The number of carbonyl (C=O) groups is 1. The number of aryl methyl sites for hydroxylation is 2. The van der Waals surface area contributed by atoms with E-state index < -0.39 is 0 Å². The second-order valence-corrected chi connectivity index (χ2v) is 17.7. The fraction of sp³-hybridized carbons (Fsp3) is 0.422. The van der Waals surface area contributed by atoms with Gasteiger partial charge in [0.15, 0.2) is 62.0 Å². The number of terminal acetylenes is 1.